The number of para-hydroxylation sites is 2. The van der Waals surface area contributed by atoms with Gasteiger partial charge in [0, 0.05) is 11.1 Å². The maximum atomic E-state index is 12.7. The van der Waals surface area contributed by atoms with Crippen LogP contribution < -0.4 is 9.47 Å². The number of nitrogens with zero attached hydrogens (tertiary/aromatic N) is 2. The maximum absolute atomic E-state index is 12.7. The molecule has 0 N–H and O–H groups in total. The predicted molar refractivity (Wildman–Crippen MR) is 93.2 cm³/mol. The van der Waals surface area contributed by atoms with Crippen molar-refractivity contribution in [3.05, 3.63) is 66.2 Å². The fourth-order valence-corrected chi connectivity index (χ4v) is 2.67. The van der Waals surface area contributed by atoms with E-state index in [1.807, 2.05) is 0 Å². The minimum Gasteiger partial charge on any atom is -0.405 e. The van der Waals surface area contributed by atoms with Crippen molar-refractivity contribution in [3.63, 3.8) is 0 Å². The Hall–Kier alpha value is -3.74. The number of alkyl halides is 6. The zero-order chi connectivity index (χ0) is 21.9. The van der Waals surface area contributed by atoms with Gasteiger partial charge in [-0.1, -0.05) is 24.3 Å². The summed E-state index contributed by atoms with van der Waals surface area (Å²) in [4.78, 5) is 4.15. The van der Waals surface area contributed by atoms with Gasteiger partial charge in [-0.3, -0.25) is 0 Å². The van der Waals surface area contributed by atoms with E-state index < -0.39 is 24.2 Å². The topological polar surface area (TPSA) is 55.1 Å². The van der Waals surface area contributed by atoms with E-state index in [2.05, 4.69) is 14.5 Å². The van der Waals surface area contributed by atoms with Crippen LogP contribution in [0, 0.1) is 11.3 Å². The van der Waals surface area contributed by atoms with Crippen LogP contribution in [0.3, 0.4) is 0 Å². The van der Waals surface area contributed by atoms with Crippen molar-refractivity contribution < 1.29 is 35.8 Å². The van der Waals surface area contributed by atoms with E-state index in [9.17, 15) is 31.6 Å². The Kier molecular flexibility index (Phi) is 5.56. The standard InChI is InChI=1S/C20H10F6N2O2/c21-19(22,23)29-16-7-3-1-5-13(16)15-10-9-12(11-27)18(28-15)14-6-2-4-8-17(14)30-20(24,25)26/h1-10H. The first kappa shape index (κ1) is 21.0. The number of ether oxygens (including phenoxy) is 2. The molecule has 0 saturated heterocycles. The molecule has 0 aliphatic heterocycles. The van der Waals surface area contributed by atoms with Crippen molar-refractivity contribution in [3.8, 4) is 40.1 Å². The third-order valence-corrected chi connectivity index (χ3v) is 3.77. The van der Waals surface area contributed by atoms with E-state index in [-0.39, 0.29) is 28.1 Å². The van der Waals surface area contributed by atoms with E-state index in [4.69, 9.17) is 0 Å². The lowest BCUT2D eigenvalue weighted by Crippen LogP contribution is -2.18. The molecule has 0 unspecified atom stereocenters. The lowest BCUT2D eigenvalue weighted by atomic mass is 10.0. The molecule has 30 heavy (non-hydrogen) atoms. The smallest absolute Gasteiger partial charge is 0.405 e. The average Bonchev–Trinajstić information content (AvgIpc) is 2.66. The summed E-state index contributed by atoms with van der Waals surface area (Å²) in [6.07, 6.45) is -9.95. The zero-order valence-electron chi connectivity index (χ0n) is 14.8. The quantitative estimate of drug-likeness (QED) is 0.476. The minimum atomic E-state index is -4.99. The monoisotopic (exact) mass is 424 g/mol. The highest BCUT2D eigenvalue weighted by atomic mass is 19.4. The number of halogens is 6. The van der Waals surface area contributed by atoms with E-state index in [1.54, 1.807) is 6.07 Å². The molecule has 0 radical (unpaired) electrons. The lowest BCUT2D eigenvalue weighted by molar-refractivity contribution is -0.275. The Bertz CT molecular complexity index is 1100. The molecule has 0 aliphatic rings. The Morgan fingerprint density at radius 2 is 1.20 bits per heavy atom. The number of hydrogen-bond acceptors (Lipinski definition) is 4. The van der Waals surface area contributed by atoms with Gasteiger partial charge in [0.15, 0.2) is 0 Å². The summed E-state index contributed by atoms with van der Waals surface area (Å²) >= 11 is 0. The molecular weight excluding hydrogens is 414 g/mol. The van der Waals surface area contributed by atoms with Crippen LogP contribution in [0.25, 0.3) is 22.5 Å². The predicted octanol–water partition coefficient (Wildman–Crippen LogP) is 6.08. The molecule has 0 bridgehead atoms. The first-order valence-electron chi connectivity index (χ1n) is 8.19. The minimum absolute atomic E-state index is 0.0364. The van der Waals surface area contributed by atoms with E-state index >= 15 is 0 Å². The van der Waals surface area contributed by atoms with Crippen LogP contribution in [0.15, 0.2) is 60.7 Å². The highest BCUT2D eigenvalue weighted by Crippen LogP contribution is 2.37. The zero-order valence-corrected chi connectivity index (χ0v) is 14.8. The fourth-order valence-electron chi connectivity index (χ4n) is 2.67. The highest BCUT2D eigenvalue weighted by Gasteiger charge is 2.33. The molecule has 4 nitrogen and oxygen atoms in total. The SMILES string of the molecule is N#Cc1ccc(-c2ccccc2OC(F)(F)F)nc1-c1ccccc1OC(F)(F)F. The van der Waals surface area contributed by atoms with Crippen LogP contribution in [0.2, 0.25) is 0 Å². The van der Waals surface area contributed by atoms with Gasteiger partial charge in [-0.05, 0) is 36.4 Å². The molecule has 0 saturated carbocycles. The van der Waals surface area contributed by atoms with Crippen molar-refractivity contribution in [2.75, 3.05) is 0 Å². The van der Waals surface area contributed by atoms with Crippen molar-refractivity contribution in [1.82, 2.24) is 4.98 Å². The number of benzene rings is 2. The first-order valence-corrected chi connectivity index (χ1v) is 8.19. The number of pyridine rings is 1. The van der Waals surface area contributed by atoms with Crippen molar-refractivity contribution >= 4 is 0 Å². The highest BCUT2D eigenvalue weighted by molar-refractivity contribution is 5.76. The fraction of sp³-hybridized carbons (Fsp3) is 0.100. The van der Waals surface area contributed by atoms with Crippen molar-refractivity contribution in [2.24, 2.45) is 0 Å². The molecule has 154 valence electrons. The first-order chi connectivity index (χ1) is 14.1. The van der Waals surface area contributed by atoms with Crippen LogP contribution in [0.1, 0.15) is 5.56 Å². The summed E-state index contributed by atoms with van der Waals surface area (Å²) in [6.45, 7) is 0. The second-order valence-electron chi connectivity index (χ2n) is 5.79. The third-order valence-electron chi connectivity index (χ3n) is 3.77. The summed E-state index contributed by atoms with van der Waals surface area (Å²) < 4.78 is 84.3. The van der Waals surface area contributed by atoms with Crippen LogP contribution in [-0.4, -0.2) is 17.7 Å². The molecule has 0 aliphatic carbocycles. The molecule has 0 fully saturated rings. The normalized spacial score (nSPS) is 11.6. The molecule has 3 rings (SSSR count). The number of rotatable bonds is 4. The van der Waals surface area contributed by atoms with Gasteiger partial charge in [0.2, 0.25) is 0 Å². The number of nitriles is 1. The van der Waals surface area contributed by atoms with Gasteiger partial charge in [0.05, 0.1) is 17.0 Å². The molecule has 0 amide bonds. The summed E-state index contributed by atoms with van der Waals surface area (Å²) in [7, 11) is 0. The molecular formula is C20H10F6N2O2. The van der Waals surface area contributed by atoms with Gasteiger partial charge in [-0.15, -0.1) is 26.3 Å². The molecule has 10 heteroatoms. The molecule has 1 aromatic heterocycles. The van der Waals surface area contributed by atoms with Gasteiger partial charge in [-0.2, -0.15) is 5.26 Å². The van der Waals surface area contributed by atoms with E-state index in [0.717, 1.165) is 12.1 Å². The van der Waals surface area contributed by atoms with E-state index in [0.29, 0.717) is 0 Å². The number of hydrogen-bond donors (Lipinski definition) is 0. The second-order valence-corrected chi connectivity index (χ2v) is 5.79. The Morgan fingerprint density at radius 1 is 0.700 bits per heavy atom. The largest absolute Gasteiger partial charge is 0.573 e. The van der Waals surface area contributed by atoms with Gasteiger partial charge in [0.25, 0.3) is 0 Å². The molecule has 2 aromatic carbocycles. The van der Waals surface area contributed by atoms with Gasteiger partial charge < -0.3 is 9.47 Å². The molecule has 1 heterocycles. The van der Waals surface area contributed by atoms with Gasteiger partial charge in [0.1, 0.15) is 17.6 Å². The van der Waals surface area contributed by atoms with Crippen molar-refractivity contribution in [1.29, 1.82) is 5.26 Å². The van der Waals surface area contributed by atoms with Crippen LogP contribution in [0.4, 0.5) is 26.3 Å². The maximum Gasteiger partial charge on any atom is 0.573 e. The molecule has 0 atom stereocenters. The Labute approximate surface area is 165 Å². The van der Waals surface area contributed by atoms with Crippen LogP contribution >= 0.6 is 0 Å². The Morgan fingerprint density at radius 3 is 1.73 bits per heavy atom. The summed E-state index contributed by atoms with van der Waals surface area (Å²) in [5.74, 6) is -1.15. The van der Waals surface area contributed by atoms with Crippen LogP contribution in [0.5, 0.6) is 11.5 Å². The summed E-state index contributed by atoms with van der Waals surface area (Å²) in [6, 6.07) is 14.5. The third kappa shape index (κ3) is 5.00. The lowest BCUT2D eigenvalue weighted by Gasteiger charge is -2.15. The Balaban J connectivity index is 2.16. The number of aromatic nitrogens is 1. The van der Waals surface area contributed by atoms with E-state index in [1.165, 1.54) is 48.5 Å². The average molecular weight is 424 g/mol. The van der Waals surface area contributed by atoms with Crippen molar-refractivity contribution in [2.45, 2.75) is 12.7 Å². The summed E-state index contributed by atoms with van der Waals surface area (Å²) in [5, 5.41) is 9.35. The molecule has 0 spiro atoms. The van der Waals surface area contributed by atoms with Crippen LogP contribution in [-0.2, 0) is 0 Å². The second kappa shape index (κ2) is 7.94. The summed E-state index contributed by atoms with van der Waals surface area (Å²) in [5.41, 5.74) is -0.522. The molecule has 3 aromatic rings. The van der Waals surface area contributed by atoms with Gasteiger partial charge in [-0.25, -0.2) is 4.98 Å². The van der Waals surface area contributed by atoms with Gasteiger partial charge >= 0.3 is 12.7 Å².